The third kappa shape index (κ3) is 2.64. The number of ether oxygens (including phenoxy) is 2. The molecule has 2 aromatic carbocycles. The van der Waals surface area contributed by atoms with Crippen LogP contribution in [-0.4, -0.2) is 17.8 Å². The van der Waals surface area contributed by atoms with Crippen LogP contribution in [0.15, 0.2) is 64.1 Å². The first-order valence-corrected chi connectivity index (χ1v) is 9.15. The molecule has 0 N–H and O–H groups in total. The molecule has 0 amide bonds. The highest BCUT2D eigenvalue weighted by Crippen LogP contribution is 2.50. The number of hydrogen-bond acceptors (Lipinski definition) is 5. The predicted molar refractivity (Wildman–Crippen MR) is 102 cm³/mol. The molecule has 5 rings (SSSR count). The van der Waals surface area contributed by atoms with Gasteiger partial charge < -0.3 is 13.9 Å². The summed E-state index contributed by atoms with van der Waals surface area (Å²) in [5, 5.41) is 6.70. The quantitative estimate of drug-likeness (QED) is 0.645. The number of halogens is 1. The summed E-state index contributed by atoms with van der Waals surface area (Å²) in [6, 6.07) is 16.0. The Morgan fingerprint density at radius 1 is 1.14 bits per heavy atom. The fourth-order valence-electron chi connectivity index (χ4n) is 3.86. The van der Waals surface area contributed by atoms with Gasteiger partial charge in [-0.25, -0.2) is 9.40 Å². The summed E-state index contributed by atoms with van der Waals surface area (Å²) in [6.45, 7) is 1.91. The Bertz CT molecular complexity index is 1080. The number of para-hydroxylation sites is 1. The maximum atomic E-state index is 13.9. The molecule has 0 spiro atoms. The van der Waals surface area contributed by atoms with Crippen LogP contribution in [0, 0.1) is 12.7 Å². The molecular weight excluding hydrogens is 359 g/mol. The Morgan fingerprint density at radius 2 is 2.00 bits per heavy atom. The molecular formula is C22H19FN2O3. The van der Waals surface area contributed by atoms with Crippen LogP contribution in [0.4, 0.5) is 4.39 Å². The lowest BCUT2D eigenvalue weighted by Gasteiger charge is -2.38. The number of benzene rings is 2. The molecule has 1 aromatic heterocycles. The van der Waals surface area contributed by atoms with Crippen molar-refractivity contribution in [3.05, 3.63) is 83.1 Å². The standard InChI is InChI=1S/C22H19FN2O3/c1-13-9-10-19(27-13)17-12-18-16-7-4-8-20(26-2)21(16)28-22(25(18)24-17)14-5-3-6-15(23)11-14/h3-11,18,22H,12H2,1-2H3/t18-,22-/m1/s1. The first-order chi connectivity index (χ1) is 13.6. The van der Waals surface area contributed by atoms with Gasteiger partial charge in [0.1, 0.15) is 23.0 Å². The van der Waals surface area contributed by atoms with Gasteiger partial charge in [-0.1, -0.05) is 24.3 Å². The van der Waals surface area contributed by atoms with Gasteiger partial charge in [0.25, 0.3) is 0 Å². The topological polar surface area (TPSA) is 47.2 Å². The van der Waals surface area contributed by atoms with Crippen molar-refractivity contribution in [1.82, 2.24) is 5.01 Å². The summed E-state index contributed by atoms with van der Waals surface area (Å²) in [7, 11) is 1.62. The van der Waals surface area contributed by atoms with Crippen molar-refractivity contribution in [1.29, 1.82) is 0 Å². The molecule has 2 aliphatic heterocycles. The van der Waals surface area contributed by atoms with Crippen LogP contribution in [0.25, 0.3) is 0 Å². The van der Waals surface area contributed by atoms with E-state index in [0.717, 1.165) is 22.8 Å². The van der Waals surface area contributed by atoms with Crippen LogP contribution in [0.2, 0.25) is 0 Å². The van der Waals surface area contributed by atoms with E-state index in [4.69, 9.17) is 19.0 Å². The average Bonchev–Trinajstić information content (AvgIpc) is 3.33. The second-order valence-electron chi connectivity index (χ2n) is 6.96. The second kappa shape index (κ2) is 6.41. The summed E-state index contributed by atoms with van der Waals surface area (Å²) in [6.07, 6.45) is 0.112. The SMILES string of the molecule is COc1cccc2c1O[C@H](c1cccc(F)c1)N1N=C(c3ccc(C)o3)C[C@H]21. The molecule has 2 aliphatic rings. The van der Waals surface area contributed by atoms with E-state index in [1.807, 2.05) is 48.3 Å². The Hall–Kier alpha value is -3.28. The number of methoxy groups -OCH3 is 1. The predicted octanol–water partition coefficient (Wildman–Crippen LogP) is 4.98. The number of nitrogens with zero attached hydrogens (tertiary/aromatic N) is 2. The Morgan fingerprint density at radius 3 is 2.75 bits per heavy atom. The number of hydrazone groups is 1. The van der Waals surface area contributed by atoms with Crippen LogP contribution in [0.3, 0.4) is 0 Å². The van der Waals surface area contributed by atoms with E-state index in [1.54, 1.807) is 13.2 Å². The number of fused-ring (bicyclic) bond motifs is 3. The van der Waals surface area contributed by atoms with Gasteiger partial charge in [0, 0.05) is 17.5 Å². The van der Waals surface area contributed by atoms with Gasteiger partial charge >= 0.3 is 0 Å². The highest BCUT2D eigenvalue weighted by atomic mass is 19.1. The number of aryl methyl sites for hydroxylation is 1. The first-order valence-electron chi connectivity index (χ1n) is 9.15. The second-order valence-corrected chi connectivity index (χ2v) is 6.96. The molecule has 0 saturated carbocycles. The summed E-state index contributed by atoms with van der Waals surface area (Å²) >= 11 is 0. The third-order valence-electron chi connectivity index (χ3n) is 5.16. The van der Waals surface area contributed by atoms with Crippen LogP contribution in [0.1, 0.15) is 41.3 Å². The van der Waals surface area contributed by atoms with Crippen molar-refractivity contribution in [2.24, 2.45) is 5.10 Å². The van der Waals surface area contributed by atoms with Gasteiger partial charge in [-0.3, -0.25) is 0 Å². The zero-order chi connectivity index (χ0) is 19.3. The molecule has 6 heteroatoms. The molecule has 0 fully saturated rings. The number of hydrogen-bond donors (Lipinski definition) is 0. The minimum atomic E-state index is -0.557. The van der Waals surface area contributed by atoms with Crippen LogP contribution < -0.4 is 9.47 Å². The maximum Gasteiger partial charge on any atom is 0.214 e. The van der Waals surface area contributed by atoms with Gasteiger partial charge in [0.05, 0.1) is 13.2 Å². The molecule has 0 bridgehead atoms. The van der Waals surface area contributed by atoms with Crippen molar-refractivity contribution in [3.8, 4) is 11.5 Å². The molecule has 142 valence electrons. The molecule has 5 nitrogen and oxygen atoms in total. The molecule has 3 aromatic rings. The van der Waals surface area contributed by atoms with Gasteiger partial charge in [-0.05, 0) is 37.3 Å². The average molecular weight is 378 g/mol. The first kappa shape index (κ1) is 16.9. The van der Waals surface area contributed by atoms with Crippen molar-refractivity contribution < 1.29 is 18.3 Å². The van der Waals surface area contributed by atoms with Gasteiger partial charge in [-0.15, -0.1) is 0 Å². The normalized spacial score (nSPS) is 20.2. The van der Waals surface area contributed by atoms with Crippen LogP contribution in [-0.2, 0) is 0 Å². The maximum absolute atomic E-state index is 13.9. The molecule has 0 saturated heterocycles. The molecule has 2 atom stereocenters. The molecule has 28 heavy (non-hydrogen) atoms. The van der Waals surface area contributed by atoms with Gasteiger partial charge in [0.2, 0.25) is 6.23 Å². The van der Waals surface area contributed by atoms with Crippen molar-refractivity contribution >= 4 is 5.71 Å². The zero-order valence-corrected chi connectivity index (χ0v) is 15.6. The van der Waals surface area contributed by atoms with Crippen molar-refractivity contribution in [2.75, 3.05) is 7.11 Å². The molecule has 3 heterocycles. The lowest BCUT2D eigenvalue weighted by atomic mass is 9.97. The van der Waals surface area contributed by atoms with Gasteiger partial charge in [-0.2, -0.15) is 5.10 Å². The van der Waals surface area contributed by atoms with E-state index in [9.17, 15) is 4.39 Å². The summed E-state index contributed by atoms with van der Waals surface area (Å²) in [5.74, 6) is 2.60. The number of furan rings is 1. The fraction of sp³-hybridized carbons (Fsp3) is 0.227. The van der Waals surface area contributed by atoms with Crippen LogP contribution in [0.5, 0.6) is 11.5 Å². The summed E-state index contributed by atoms with van der Waals surface area (Å²) in [5.41, 5.74) is 2.54. The van der Waals surface area contributed by atoms with E-state index >= 15 is 0 Å². The van der Waals surface area contributed by atoms with E-state index in [-0.39, 0.29) is 11.9 Å². The van der Waals surface area contributed by atoms with Crippen molar-refractivity contribution in [3.63, 3.8) is 0 Å². The largest absolute Gasteiger partial charge is 0.493 e. The highest BCUT2D eigenvalue weighted by molar-refractivity contribution is 5.99. The molecule has 0 radical (unpaired) electrons. The van der Waals surface area contributed by atoms with Crippen LogP contribution >= 0.6 is 0 Å². The minimum absolute atomic E-state index is 0.0486. The summed E-state index contributed by atoms with van der Waals surface area (Å²) in [4.78, 5) is 0. The van der Waals surface area contributed by atoms with E-state index < -0.39 is 6.23 Å². The smallest absolute Gasteiger partial charge is 0.214 e. The summed E-state index contributed by atoms with van der Waals surface area (Å²) < 4.78 is 31.5. The van der Waals surface area contributed by atoms with E-state index in [2.05, 4.69) is 0 Å². The lowest BCUT2D eigenvalue weighted by molar-refractivity contribution is -0.0210. The molecule has 0 unspecified atom stereocenters. The van der Waals surface area contributed by atoms with Gasteiger partial charge in [0.15, 0.2) is 11.5 Å². The number of rotatable bonds is 3. The monoisotopic (exact) mass is 378 g/mol. The zero-order valence-electron chi connectivity index (χ0n) is 15.6. The Kier molecular flexibility index (Phi) is 3.86. The Balaban J connectivity index is 1.63. The van der Waals surface area contributed by atoms with E-state index in [0.29, 0.717) is 23.5 Å². The third-order valence-corrected chi connectivity index (χ3v) is 5.16. The Labute approximate surface area is 162 Å². The molecule has 0 aliphatic carbocycles. The highest BCUT2D eigenvalue weighted by Gasteiger charge is 2.42. The van der Waals surface area contributed by atoms with E-state index in [1.165, 1.54) is 12.1 Å². The minimum Gasteiger partial charge on any atom is -0.493 e. The lowest BCUT2D eigenvalue weighted by Crippen LogP contribution is -2.34. The fourth-order valence-corrected chi connectivity index (χ4v) is 3.86. The van der Waals surface area contributed by atoms with Crippen molar-refractivity contribution in [2.45, 2.75) is 25.6 Å².